The van der Waals surface area contributed by atoms with Crippen LogP contribution in [0.2, 0.25) is 0 Å². The van der Waals surface area contributed by atoms with Crippen LogP contribution in [0.4, 0.5) is 0 Å². The van der Waals surface area contributed by atoms with Crippen LogP contribution in [-0.2, 0) is 0 Å². The van der Waals surface area contributed by atoms with Gasteiger partial charge >= 0.3 is 0 Å². The maximum absolute atomic E-state index is 10.7. The van der Waals surface area contributed by atoms with Gasteiger partial charge in [-0.3, -0.25) is 10.1 Å². The van der Waals surface area contributed by atoms with Crippen LogP contribution in [0.1, 0.15) is 20.8 Å². The summed E-state index contributed by atoms with van der Waals surface area (Å²) in [5, 5.41) is 10.7. The molecule has 0 aromatic carbocycles. The molecule has 1 aliphatic rings. The van der Waals surface area contributed by atoms with Gasteiger partial charge in [0.15, 0.2) is 0 Å². The average molecular weight is 193 g/mol. The Morgan fingerprint density at radius 1 is 1.43 bits per heavy atom. The van der Waals surface area contributed by atoms with Crippen molar-refractivity contribution in [1.82, 2.24) is 0 Å². The summed E-state index contributed by atoms with van der Waals surface area (Å²) in [6, 6.07) is 0. The molecule has 3 heteroatoms. The molecule has 3 nitrogen and oxygen atoms in total. The van der Waals surface area contributed by atoms with Crippen molar-refractivity contribution in [1.29, 1.82) is 0 Å². The van der Waals surface area contributed by atoms with E-state index in [1.54, 1.807) is 12.2 Å². The molecule has 0 spiro atoms. The van der Waals surface area contributed by atoms with E-state index in [1.165, 1.54) is 0 Å². The van der Waals surface area contributed by atoms with Gasteiger partial charge in [0.1, 0.15) is 0 Å². The van der Waals surface area contributed by atoms with Gasteiger partial charge in [0.2, 0.25) is 0 Å². The first-order chi connectivity index (χ1) is 6.41. The third-order valence-corrected chi connectivity index (χ3v) is 2.13. The summed E-state index contributed by atoms with van der Waals surface area (Å²) in [6.07, 6.45) is 9.15. The predicted octanol–water partition coefficient (Wildman–Crippen LogP) is 2.94. The van der Waals surface area contributed by atoms with E-state index < -0.39 is 0 Å². The van der Waals surface area contributed by atoms with Crippen molar-refractivity contribution in [3.63, 3.8) is 0 Å². The fourth-order valence-electron chi connectivity index (χ4n) is 1.31. The van der Waals surface area contributed by atoms with Crippen LogP contribution in [0.5, 0.6) is 0 Å². The van der Waals surface area contributed by atoms with Gasteiger partial charge in [-0.2, -0.15) is 0 Å². The summed E-state index contributed by atoms with van der Waals surface area (Å²) in [6.45, 7) is 5.92. The van der Waals surface area contributed by atoms with E-state index in [0.29, 0.717) is 0 Å². The zero-order valence-electron chi connectivity index (χ0n) is 8.73. The van der Waals surface area contributed by atoms with Crippen LogP contribution in [0, 0.1) is 21.4 Å². The first kappa shape index (κ1) is 10.7. The van der Waals surface area contributed by atoms with Gasteiger partial charge in [0.05, 0.1) is 4.92 Å². The highest BCUT2D eigenvalue weighted by Crippen LogP contribution is 2.25. The molecule has 0 fully saturated rings. The molecule has 0 aliphatic heterocycles. The van der Waals surface area contributed by atoms with Crippen molar-refractivity contribution in [3.05, 3.63) is 46.2 Å². The van der Waals surface area contributed by atoms with E-state index in [2.05, 4.69) is 6.08 Å². The monoisotopic (exact) mass is 193 g/mol. The summed E-state index contributed by atoms with van der Waals surface area (Å²) in [7, 11) is 0. The third-order valence-electron chi connectivity index (χ3n) is 2.13. The van der Waals surface area contributed by atoms with Crippen molar-refractivity contribution in [2.45, 2.75) is 20.8 Å². The van der Waals surface area contributed by atoms with Gasteiger partial charge < -0.3 is 0 Å². The van der Waals surface area contributed by atoms with E-state index in [0.717, 1.165) is 0 Å². The first-order valence-electron chi connectivity index (χ1n) is 4.65. The fraction of sp³-hybridized carbons (Fsp3) is 0.455. The van der Waals surface area contributed by atoms with Gasteiger partial charge in [0, 0.05) is 17.6 Å². The van der Waals surface area contributed by atoms with Crippen LogP contribution in [-0.4, -0.2) is 4.92 Å². The number of hydrogen-bond donors (Lipinski definition) is 0. The average Bonchev–Trinajstić information content (AvgIpc) is 2.06. The second kappa shape index (κ2) is 3.78. The number of rotatable bonds is 1. The topological polar surface area (TPSA) is 43.1 Å². The van der Waals surface area contributed by atoms with Crippen molar-refractivity contribution >= 4 is 0 Å². The molecule has 0 amide bonds. The summed E-state index contributed by atoms with van der Waals surface area (Å²) < 4.78 is 0. The molecule has 1 atom stereocenters. The molecule has 0 aromatic rings. The van der Waals surface area contributed by atoms with Gasteiger partial charge in [0.25, 0.3) is 5.70 Å². The van der Waals surface area contributed by atoms with Crippen LogP contribution in [0.3, 0.4) is 0 Å². The zero-order valence-corrected chi connectivity index (χ0v) is 8.73. The number of allylic oxidation sites excluding steroid dienone is 5. The van der Waals surface area contributed by atoms with Crippen molar-refractivity contribution < 1.29 is 4.92 Å². The minimum absolute atomic E-state index is 0.172. The molecular formula is C11H15NO2. The molecule has 14 heavy (non-hydrogen) atoms. The Hall–Kier alpha value is -1.38. The van der Waals surface area contributed by atoms with Gasteiger partial charge in [-0.1, -0.05) is 39.0 Å². The standard InChI is InChI=1S/C11H15NO2/c1-9-4-5-10(12(13)14)8-11(2,3)7-6-9/h4-9H,1-3H3/b5-4-,7-6-,10-8+. The lowest BCUT2D eigenvalue weighted by atomic mass is 9.88. The number of nitro groups is 1. The molecule has 1 rings (SSSR count). The second-order valence-electron chi connectivity index (χ2n) is 4.23. The lowest BCUT2D eigenvalue weighted by Crippen LogP contribution is -2.09. The molecule has 0 N–H and O–H groups in total. The molecule has 76 valence electrons. The SMILES string of the molecule is CC1/C=C\C([N+](=O)[O-])=C/C(C)(C)/C=C\1. The summed E-state index contributed by atoms with van der Waals surface area (Å²) in [5.41, 5.74) is -0.0762. The highest BCUT2D eigenvalue weighted by molar-refractivity contribution is 5.23. The van der Waals surface area contributed by atoms with Crippen LogP contribution < -0.4 is 0 Å². The number of hydrogen-bond acceptors (Lipinski definition) is 2. The predicted molar refractivity (Wildman–Crippen MR) is 56.3 cm³/mol. The second-order valence-corrected chi connectivity index (χ2v) is 4.23. The Morgan fingerprint density at radius 2 is 2.07 bits per heavy atom. The quantitative estimate of drug-likeness (QED) is 0.365. The van der Waals surface area contributed by atoms with Crippen LogP contribution in [0.15, 0.2) is 36.1 Å². The Morgan fingerprint density at radius 3 is 2.64 bits per heavy atom. The molecule has 0 heterocycles. The number of nitrogens with zero attached hydrogens (tertiary/aromatic N) is 1. The first-order valence-corrected chi connectivity index (χ1v) is 4.65. The molecule has 0 bridgehead atoms. The minimum atomic E-state index is -0.343. The zero-order chi connectivity index (χ0) is 10.8. The Bertz CT molecular complexity index is 324. The van der Waals surface area contributed by atoms with E-state index in [-0.39, 0.29) is 22.0 Å². The van der Waals surface area contributed by atoms with Gasteiger partial charge in [-0.15, -0.1) is 0 Å². The molecule has 1 unspecified atom stereocenters. The summed E-state index contributed by atoms with van der Waals surface area (Å²) in [4.78, 5) is 10.3. The van der Waals surface area contributed by atoms with Crippen molar-refractivity contribution in [2.24, 2.45) is 11.3 Å². The maximum atomic E-state index is 10.7. The minimum Gasteiger partial charge on any atom is -0.258 e. The third kappa shape index (κ3) is 2.83. The lowest BCUT2D eigenvalue weighted by molar-refractivity contribution is -0.419. The lowest BCUT2D eigenvalue weighted by Gasteiger charge is -2.16. The van der Waals surface area contributed by atoms with Gasteiger partial charge in [-0.25, -0.2) is 0 Å². The highest BCUT2D eigenvalue weighted by atomic mass is 16.6. The van der Waals surface area contributed by atoms with Crippen molar-refractivity contribution in [3.8, 4) is 0 Å². The largest absolute Gasteiger partial charge is 0.266 e. The van der Waals surface area contributed by atoms with Crippen LogP contribution >= 0.6 is 0 Å². The summed E-state index contributed by atoms with van der Waals surface area (Å²) >= 11 is 0. The highest BCUT2D eigenvalue weighted by Gasteiger charge is 2.18. The van der Waals surface area contributed by atoms with E-state index in [4.69, 9.17) is 0 Å². The molecule has 0 saturated carbocycles. The molecule has 0 radical (unpaired) electrons. The Kier molecular flexibility index (Phi) is 2.89. The molecule has 0 saturated heterocycles. The van der Waals surface area contributed by atoms with Crippen molar-refractivity contribution in [2.75, 3.05) is 0 Å². The normalized spacial score (nSPS) is 33.4. The maximum Gasteiger partial charge on any atom is 0.266 e. The Labute approximate surface area is 84.0 Å². The van der Waals surface area contributed by atoms with E-state index >= 15 is 0 Å². The van der Waals surface area contributed by atoms with Gasteiger partial charge in [-0.05, 0) is 5.92 Å². The van der Waals surface area contributed by atoms with Crippen LogP contribution in [0.25, 0.3) is 0 Å². The molecular weight excluding hydrogens is 178 g/mol. The summed E-state index contributed by atoms with van der Waals surface area (Å²) in [5.74, 6) is 0.248. The molecule has 0 aromatic heterocycles. The van der Waals surface area contributed by atoms with E-state index in [1.807, 2.05) is 32.9 Å². The van der Waals surface area contributed by atoms with E-state index in [9.17, 15) is 10.1 Å². The molecule has 1 aliphatic carbocycles. The smallest absolute Gasteiger partial charge is 0.258 e. The Balaban J connectivity index is 3.11. The fourth-order valence-corrected chi connectivity index (χ4v) is 1.31.